The second kappa shape index (κ2) is 6.71. The molecular weight excluding hydrogens is 332 g/mol. The number of carbonyl (C=O) groups is 2. The number of aryl methyl sites for hydroxylation is 1. The predicted molar refractivity (Wildman–Crippen MR) is 99.0 cm³/mol. The van der Waals surface area contributed by atoms with E-state index in [1.807, 2.05) is 6.92 Å². The second-order valence-electron chi connectivity index (χ2n) is 6.39. The number of nitrogens with zero attached hydrogens (tertiary/aromatic N) is 1. The largest absolute Gasteiger partial charge is 0.318 e. The van der Waals surface area contributed by atoms with E-state index in [2.05, 4.69) is 4.98 Å². The first-order valence-electron chi connectivity index (χ1n) is 8.64. The Bertz CT molecular complexity index is 1070. The molecule has 2 heterocycles. The van der Waals surface area contributed by atoms with E-state index in [9.17, 15) is 19.2 Å². The highest BCUT2D eigenvalue weighted by Crippen LogP contribution is 2.29. The Morgan fingerprint density at radius 2 is 1.81 bits per heavy atom. The zero-order valence-corrected chi connectivity index (χ0v) is 15.0. The summed E-state index contributed by atoms with van der Waals surface area (Å²) in [4.78, 5) is 53.2. The molecule has 2 aromatic heterocycles. The summed E-state index contributed by atoms with van der Waals surface area (Å²) in [5, 5.41) is 0. The summed E-state index contributed by atoms with van der Waals surface area (Å²) in [5.74, 6) is -0.836. The third-order valence-electron chi connectivity index (χ3n) is 4.56. The molecule has 0 saturated heterocycles. The molecule has 1 N–H and O–H groups in total. The van der Waals surface area contributed by atoms with Gasteiger partial charge in [0.25, 0.3) is 5.56 Å². The van der Waals surface area contributed by atoms with Gasteiger partial charge in [-0.2, -0.15) is 0 Å². The molecule has 0 saturated carbocycles. The summed E-state index contributed by atoms with van der Waals surface area (Å²) in [6.45, 7) is 5.74. The smallest absolute Gasteiger partial charge is 0.251 e. The fourth-order valence-corrected chi connectivity index (χ4v) is 3.38. The van der Waals surface area contributed by atoms with Gasteiger partial charge in [0, 0.05) is 18.7 Å². The maximum atomic E-state index is 13.2. The number of allylic oxidation sites excluding steroid dienone is 1. The van der Waals surface area contributed by atoms with E-state index in [-0.39, 0.29) is 33.9 Å². The average Bonchev–Trinajstić information content (AvgIpc) is 2.58. The average molecular weight is 352 g/mol. The lowest BCUT2D eigenvalue weighted by Crippen LogP contribution is -2.35. The lowest BCUT2D eigenvalue weighted by molar-refractivity contribution is 0.0965. The number of nitrogens with one attached hydrogen (secondary N) is 1. The fourth-order valence-electron chi connectivity index (χ4n) is 3.38. The SMILES string of the molecule is C/C=C\c1cc(=O)n(CCCC)c2c1C(=O)c1c(C)cc(=O)[nH]c1C2=O. The van der Waals surface area contributed by atoms with Crippen LogP contribution >= 0.6 is 0 Å². The van der Waals surface area contributed by atoms with E-state index in [0.29, 0.717) is 24.1 Å². The fraction of sp³-hybridized carbons (Fsp3) is 0.300. The summed E-state index contributed by atoms with van der Waals surface area (Å²) in [7, 11) is 0. The molecule has 0 aliphatic heterocycles. The van der Waals surface area contributed by atoms with Crippen molar-refractivity contribution in [2.24, 2.45) is 0 Å². The molecule has 0 spiro atoms. The highest BCUT2D eigenvalue weighted by Gasteiger charge is 2.36. The Labute approximate surface area is 150 Å². The first-order valence-corrected chi connectivity index (χ1v) is 8.64. The molecule has 0 unspecified atom stereocenters. The molecule has 1 aliphatic rings. The van der Waals surface area contributed by atoms with Gasteiger partial charge in [-0.25, -0.2) is 0 Å². The summed E-state index contributed by atoms with van der Waals surface area (Å²) in [5.41, 5.74) is 0.565. The maximum Gasteiger partial charge on any atom is 0.251 e. The molecule has 3 rings (SSSR count). The topological polar surface area (TPSA) is 89.0 Å². The van der Waals surface area contributed by atoms with Crippen LogP contribution in [0.1, 0.15) is 69.9 Å². The first-order chi connectivity index (χ1) is 12.4. The molecule has 0 radical (unpaired) electrons. The van der Waals surface area contributed by atoms with E-state index >= 15 is 0 Å². The number of aromatic amines is 1. The van der Waals surface area contributed by atoms with Crippen molar-refractivity contribution in [2.75, 3.05) is 0 Å². The monoisotopic (exact) mass is 352 g/mol. The Morgan fingerprint density at radius 3 is 2.46 bits per heavy atom. The highest BCUT2D eigenvalue weighted by molar-refractivity contribution is 6.28. The minimum Gasteiger partial charge on any atom is -0.318 e. The molecule has 134 valence electrons. The number of H-pyrrole nitrogens is 1. The molecule has 0 aromatic carbocycles. The van der Waals surface area contributed by atoms with E-state index < -0.39 is 11.3 Å². The van der Waals surface area contributed by atoms with Gasteiger partial charge in [-0.1, -0.05) is 25.5 Å². The number of pyridine rings is 2. The molecule has 0 amide bonds. The van der Waals surface area contributed by atoms with Gasteiger partial charge in [-0.3, -0.25) is 19.2 Å². The number of ketones is 2. The van der Waals surface area contributed by atoms with Gasteiger partial charge < -0.3 is 9.55 Å². The Kier molecular flexibility index (Phi) is 4.59. The molecule has 0 fully saturated rings. The first kappa shape index (κ1) is 17.8. The normalized spacial score (nSPS) is 13.2. The molecule has 0 atom stereocenters. The summed E-state index contributed by atoms with van der Waals surface area (Å²) in [6, 6.07) is 2.70. The van der Waals surface area contributed by atoms with Gasteiger partial charge >= 0.3 is 0 Å². The van der Waals surface area contributed by atoms with E-state index in [1.165, 1.54) is 16.7 Å². The Morgan fingerprint density at radius 1 is 1.08 bits per heavy atom. The minimum atomic E-state index is -0.491. The summed E-state index contributed by atoms with van der Waals surface area (Å²) in [6.07, 6.45) is 4.92. The molecular formula is C20H20N2O4. The predicted octanol–water partition coefficient (Wildman–Crippen LogP) is 2.45. The number of hydrogen-bond donors (Lipinski definition) is 1. The number of hydrogen-bond acceptors (Lipinski definition) is 4. The van der Waals surface area contributed by atoms with Crippen molar-refractivity contribution in [3.05, 3.63) is 72.6 Å². The third kappa shape index (κ3) is 2.67. The van der Waals surface area contributed by atoms with Gasteiger partial charge in [0.2, 0.25) is 11.3 Å². The molecule has 6 heteroatoms. The van der Waals surface area contributed by atoms with Crippen molar-refractivity contribution < 1.29 is 9.59 Å². The zero-order valence-electron chi connectivity index (χ0n) is 15.0. The van der Waals surface area contributed by atoms with E-state index in [1.54, 1.807) is 26.0 Å². The van der Waals surface area contributed by atoms with Crippen LogP contribution in [-0.2, 0) is 6.54 Å². The van der Waals surface area contributed by atoms with Crippen molar-refractivity contribution in [2.45, 2.75) is 40.2 Å². The van der Waals surface area contributed by atoms with Crippen molar-refractivity contribution in [3.63, 3.8) is 0 Å². The zero-order chi connectivity index (χ0) is 19.0. The van der Waals surface area contributed by atoms with Crippen molar-refractivity contribution >= 4 is 17.6 Å². The van der Waals surface area contributed by atoms with Crippen molar-refractivity contribution in [1.82, 2.24) is 9.55 Å². The minimum absolute atomic E-state index is 0.0326. The van der Waals surface area contributed by atoms with Crippen LogP contribution in [0.25, 0.3) is 6.08 Å². The summed E-state index contributed by atoms with van der Waals surface area (Å²) < 4.78 is 1.36. The quantitative estimate of drug-likeness (QED) is 0.781. The number of aromatic nitrogens is 2. The lowest BCUT2D eigenvalue weighted by Gasteiger charge is -2.23. The number of fused-ring (bicyclic) bond motifs is 2. The van der Waals surface area contributed by atoms with Crippen molar-refractivity contribution in [3.8, 4) is 0 Å². The van der Waals surface area contributed by atoms with Gasteiger partial charge in [0.15, 0.2) is 5.78 Å². The number of carbonyl (C=O) groups excluding carboxylic acids is 2. The van der Waals surface area contributed by atoms with E-state index in [0.717, 1.165) is 6.42 Å². The number of rotatable bonds is 4. The van der Waals surface area contributed by atoms with Gasteiger partial charge in [0.05, 0.1) is 11.1 Å². The van der Waals surface area contributed by atoms with Crippen LogP contribution in [0.15, 0.2) is 27.8 Å². The van der Waals surface area contributed by atoms with Crippen LogP contribution in [0.2, 0.25) is 0 Å². The van der Waals surface area contributed by atoms with Crippen LogP contribution in [-0.4, -0.2) is 21.1 Å². The van der Waals surface area contributed by atoms with Crippen LogP contribution in [0, 0.1) is 6.92 Å². The molecule has 0 bridgehead atoms. The van der Waals surface area contributed by atoms with Gasteiger partial charge in [0.1, 0.15) is 11.4 Å². The van der Waals surface area contributed by atoms with Gasteiger partial charge in [-0.05, 0) is 31.4 Å². The number of unbranched alkanes of at least 4 members (excludes halogenated alkanes) is 1. The molecule has 2 aromatic rings. The van der Waals surface area contributed by atoms with Crippen molar-refractivity contribution in [1.29, 1.82) is 0 Å². The van der Waals surface area contributed by atoms with Crippen LogP contribution < -0.4 is 11.1 Å². The lowest BCUT2D eigenvalue weighted by atomic mass is 9.85. The van der Waals surface area contributed by atoms with Crippen LogP contribution in [0.3, 0.4) is 0 Å². The Hall–Kier alpha value is -3.02. The standard InChI is InChI=1S/C20H20N2O4/c1-4-6-8-22-14(24)10-12(7-5-2)16-18(22)20(26)17-15(19(16)25)11(3)9-13(23)21-17/h5,7,9-10H,4,6,8H2,1-3H3,(H,21,23)/b7-5-. The Balaban J connectivity index is 2.41. The van der Waals surface area contributed by atoms with Crippen LogP contribution in [0.4, 0.5) is 0 Å². The molecule has 26 heavy (non-hydrogen) atoms. The van der Waals surface area contributed by atoms with Gasteiger partial charge in [-0.15, -0.1) is 0 Å². The molecule has 6 nitrogen and oxygen atoms in total. The summed E-state index contributed by atoms with van der Waals surface area (Å²) >= 11 is 0. The second-order valence-corrected chi connectivity index (χ2v) is 6.39. The highest BCUT2D eigenvalue weighted by atomic mass is 16.2. The van der Waals surface area contributed by atoms with E-state index in [4.69, 9.17) is 0 Å². The maximum absolute atomic E-state index is 13.2. The third-order valence-corrected chi connectivity index (χ3v) is 4.56. The van der Waals surface area contributed by atoms with Crippen LogP contribution in [0.5, 0.6) is 0 Å². The molecule has 1 aliphatic carbocycles.